The number of nitrogens with one attached hydrogen (secondary N) is 2. The van der Waals surface area contributed by atoms with Gasteiger partial charge in [-0.25, -0.2) is 8.42 Å². The van der Waals surface area contributed by atoms with Crippen molar-refractivity contribution in [2.24, 2.45) is 5.92 Å². The van der Waals surface area contributed by atoms with Gasteiger partial charge in [0.1, 0.15) is 0 Å². The molecule has 2 N–H and O–H groups in total. The van der Waals surface area contributed by atoms with E-state index in [1.54, 1.807) is 0 Å². The number of rotatable bonds is 3. The summed E-state index contributed by atoms with van der Waals surface area (Å²) < 4.78 is 23.1. The lowest BCUT2D eigenvalue weighted by Gasteiger charge is -2.35. The van der Waals surface area contributed by atoms with E-state index in [1.807, 2.05) is 0 Å². The highest BCUT2D eigenvalue weighted by Crippen LogP contribution is 2.15. The molecule has 0 bridgehead atoms. The molecule has 3 atom stereocenters. The predicted molar refractivity (Wildman–Crippen MR) is 78.3 cm³/mol. The molecule has 2 heterocycles. The van der Waals surface area contributed by atoms with E-state index in [1.165, 1.54) is 0 Å². The van der Waals surface area contributed by atoms with Crippen molar-refractivity contribution in [3.8, 4) is 0 Å². The third-order valence-electron chi connectivity index (χ3n) is 4.19. The van der Waals surface area contributed by atoms with Crippen molar-refractivity contribution in [2.45, 2.75) is 31.8 Å². The van der Waals surface area contributed by atoms with Gasteiger partial charge in [-0.1, -0.05) is 6.92 Å². The lowest BCUT2D eigenvalue weighted by atomic mass is 9.94. The highest BCUT2D eigenvalue weighted by molar-refractivity contribution is 7.91. The van der Waals surface area contributed by atoms with Crippen LogP contribution in [-0.2, 0) is 14.6 Å². The predicted octanol–water partition coefficient (Wildman–Crippen LogP) is -0.780. The van der Waals surface area contributed by atoms with Crippen molar-refractivity contribution in [1.29, 1.82) is 0 Å². The number of hydrogen-bond acceptors (Lipinski definition) is 5. The van der Waals surface area contributed by atoms with Gasteiger partial charge in [0.25, 0.3) is 0 Å². The van der Waals surface area contributed by atoms with E-state index in [2.05, 4.69) is 29.5 Å². The van der Waals surface area contributed by atoms with E-state index in [0.717, 1.165) is 19.5 Å². The second-order valence-electron chi connectivity index (χ2n) is 6.17. The van der Waals surface area contributed by atoms with Crippen LogP contribution in [0.4, 0.5) is 0 Å². The molecule has 2 rings (SSSR count). The molecule has 0 saturated carbocycles. The maximum absolute atomic E-state index is 12.1. The van der Waals surface area contributed by atoms with Gasteiger partial charge >= 0.3 is 0 Å². The molecule has 0 aromatic carbocycles. The first-order valence-electron chi connectivity index (χ1n) is 7.27. The normalized spacial score (nSPS) is 34.6. The fraction of sp³-hybridized carbons (Fsp3) is 0.923. The molecule has 2 aliphatic rings. The van der Waals surface area contributed by atoms with E-state index in [4.69, 9.17) is 0 Å². The Balaban J connectivity index is 1.80. The number of hydrogen-bond donors (Lipinski definition) is 2. The summed E-state index contributed by atoms with van der Waals surface area (Å²) in [6, 6.07) is -0.0331. The molecule has 0 spiro atoms. The van der Waals surface area contributed by atoms with Crippen LogP contribution in [0.25, 0.3) is 0 Å². The summed E-state index contributed by atoms with van der Waals surface area (Å²) in [5.74, 6) is 0.641. The van der Waals surface area contributed by atoms with Crippen LogP contribution in [0.15, 0.2) is 0 Å². The van der Waals surface area contributed by atoms with Crippen molar-refractivity contribution in [1.82, 2.24) is 15.5 Å². The number of carbonyl (C=O) groups excluding carboxylic acids is 1. The molecule has 0 aromatic heterocycles. The Hall–Kier alpha value is -0.660. The van der Waals surface area contributed by atoms with E-state index < -0.39 is 9.84 Å². The molecule has 0 radical (unpaired) electrons. The Kier molecular flexibility index (Phi) is 5.04. The monoisotopic (exact) mass is 303 g/mol. The average Bonchev–Trinajstić information content (AvgIpc) is 2.31. The zero-order valence-corrected chi connectivity index (χ0v) is 13.1. The minimum atomic E-state index is -2.98. The van der Waals surface area contributed by atoms with Gasteiger partial charge in [-0.2, -0.15) is 0 Å². The van der Waals surface area contributed by atoms with Crippen molar-refractivity contribution in [2.75, 3.05) is 38.2 Å². The first-order valence-corrected chi connectivity index (χ1v) is 9.09. The molecule has 3 unspecified atom stereocenters. The molecule has 0 aliphatic carbocycles. The minimum absolute atomic E-state index is 0.0407. The van der Waals surface area contributed by atoms with Crippen LogP contribution in [0.2, 0.25) is 0 Å². The Morgan fingerprint density at radius 3 is 2.85 bits per heavy atom. The fourth-order valence-corrected chi connectivity index (χ4v) is 4.50. The fourth-order valence-electron chi connectivity index (χ4n) is 3.06. The van der Waals surface area contributed by atoms with Crippen molar-refractivity contribution >= 4 is 15.7 Å². The van der Waals surface area contributed by atoms with Crippen molar-refractivity contribution in [3.63, 3.8) is 0 Å². The highest BCUT2D eigenvalue weighted by Gasteiger charge is 2.29. The van der Waals surface area contributed by atoms with Gasteiger partial charge in [-0.05, 0) is 25.9 Å². The third kappa shape index (κ3) is 4.43. The lowest BCUT2D eigenvalue weighted by molar-refractivity contribution is -0.122. The maximum Gasteiger partial charge on any atom is 0.221 e. The summed E-state index contributed by atoms with van der Waals surface area (Å²) in [7, 11) is -0.889. The van der Waals surface area contributed by atoms with Gasteiger partial charge in [0.15, 0.2) is 9.84 Å². The average molecular weight is 303 g/mol. The molecular weight excluding hydrogens is 278 g/mol. The first-order chi connectivity index (χ1) is 9.35. The highest BCUT2D eigenvalue weighted by atomic mass is 32.2. The van der Waals surface area contributed by atoms with Crippen LogP contribution in [0.3, 0.4) is 0 Å². The molecule has 2 fully saturated rings. The minimum Gasteiger partial charge on any atom is -0.353 e. The molecule has 2 aliphatic heterocycles. The molecule has 1 amide bonds. The summed E-state index contributed by atoms with van der Waals surface area (Å²) in [6.07, 6.45) is 1.21. The smallest absolute Gasteiger partial charge is 0.221 e. The topological polar surface area (TPSA) is 78.5 Å². The van der Waals surface area contributed by atoms with Gasteiger partial charge in [-0.15, -0.1) is 0 Å². The number of piperidine rings is 1. The molecule has 0 aromatic rings. The quantitative estimate of drug-likeness (QED) is 0.715. The van der Waals surface area contributed by atoms with Crippen LogP contribution in [-0.4, -0.2) is 69.5 Å². The number of carbonyl (C=O) groups is 1. The van der Waals surface area contributed by atoms with Gasteiger partial charge in [0, 0.05) is 31.6 Å². The van der Waals surface area contributed by atoms with Crippen LogP contribution in [0, 0.1) is 5.92 Å². The number of amides is 1. The van der Waals surface area contributed by atoms with Crippen LogP contribution in [0.5, 0.6) is 0 Å². The molecule has 116 valence electrons. The lowest BCUT2D eigenvalue weighted by Crippen LogP contribution is -2.51. The van der Waals surface area contributed by atoms with Gasteiger partial charge in [-0.3, -0.25) is 4.79 Å². The van der Waals surface area contributed by atoms with Crippen LogP contribution in [0.1, 0.15) is 19.8 Å². The van der Waals surface area contributed by atoms with Crippen LogP contribution < -0.4 is 10.6 Å². The standard InChI is InChI=1S/C13H25N3O3S/c1-10-8-16(2)5-3-12(10)15-13(17)7-11-9-20(18,19)6-4-14-11/h10-12,14H,3-9H2,1-2H3,(H,15,17). The van der Waals surface area contributed by atoms with Gasteiger partial charge < -0.3 is 15.5 Å². The summed E-state index contributed by atoms with van der Waals surface area (Å²) in [4.78, 5) is 14.3. The molecular formula is C13H25N3O3S. The van der Waals surface area contributed by atoms with Crippen LogP contribution >= 0.6 is 0 Å². The second kappa shape index (κ2) is 6.41. The summed E-state index contributed by atoms with van der Waals surface area (Å²) in [5.41, 5.74) is 0. The maximum atomic E-state index is 12.1. The number of sulfone groups is 1. The van der Waals surface area contributed by atoms with Gasteiger partial charge in [0.2, 0.25) is 5.91 Å². The zero-order chi connectivity index (χ0) is 14.8. The van der Waals surface area contributed by atoms with E-state index in [9.17, 15) is 13.2 Å². The Bertz CT molecular complexity index is 452. The van der Waals surface area contributed by atoms with Crippen molar-refractivity contribution in [3.05, 3.63) is 0 Å². The molecule has 2 saturated heterocycles. The second-order valence-corrected chi connectivity index (χ2v) is 8.40. The van der Waals surface area contributed by atoms with E-state index in [0.29, 0.717) is 12.5 Å². The van der Waals surface area contributed by atoms with E-state index in [-0.39, 0.29) is 35.9 Å². The van der Waals surface area contributed by atoms with Crippen molar-refractivity contribution < 1.29 is 13.2 Å². The summed E-state index contributed by atoms with van der Waals surface area (Å²) in [5, 5.41) is 6.18. The summed E-state index contributed by atoms with van der Waals surface area (Å²) in [6.45, 7) is 4.57. The molecule has 7 heteroatoms. The zero-order valence-electron chi connectivity index (χ0n) is 12.3. The SMILES string of the molecule is CC1CN(C)CCC1NC(=O)CC1CS(=O)(=O)CCN1. The molecule has 6 nitrogen and oxygen atoms in total. The number of likely N-dealkylation sites (tertiary alicyclic amines) is 1. The Labute approximate surface area is 121 Å². The van der Waals surface area contributed by atoms with E-state index >= 15 is 0 Å². The summed E-state index contributed by atoms with van der Waals surface area (Å²) >= 11 is 0. The largest absolute Gasteiger partial charge is 0.353 e. The Morgan fingerprint density at radius 1 is 1.45 bits per heavy atom. The third-order valence-corrected chi connectivity index (χ3v) is 5.92. The van der Waals surface area contributed by atoms with Gasteiger partial charge in [0.05, 0.1) is 11.5 Å². The Morgan fingerprint density at radius 2 is 2.20 bits per heavy atom. The first kappa shape index (κ1) is 15.7. The number of nitrogens with zero attached hydrogens (tertiary/aromatic N) is 1. The molecule has 20 heavy (non-hydrogen) atoms.